The van der Waals surface area contributed by atoms with Gasteiger partial charge in [0.05, 0.1) is 5.56 Å². The van der Waals surface area contributed by atoms with E-state index in [1.165, 1.54) is 0 Å². The van der Waals surface area contributed by atoms with E-state index in [1.807, 2.05) is 35.2 Å². The number of benzene rings is 1. The number of rotatable bonds is 2. The van der Waals surface area contributed by atoms with Crippen molar-refractivity contribution < 1.29 is 4.79 Å². The van der Waals surface area contributed by atoms with Crippen molar-refractivity contribution in [3.63, 3.8) is 0 Å². The van der Waals surface area contributed by atoms with Gasteiger partial charge in [-0.1, -0.05) is 6.07 Å². The largest absolute Gasteiger partial charge is 0.360 e. The second-order valence-electron chi connectivity index (χ2n) is 5.98. The van der Waals surface area contributed by atoms with Gasteiger partial charge in [0.15, 0.2) is 0 Å². The molecular weight excluding hydrogens is 448 g/mol. The first-order valence-electron chi connectivity index (χ1n) is 8.05. The van der Waals surface area contributed by atoms with Crippen molar-refractivity contribution in [1.29, 1.82) is 0 Å². The summed E-state index contributed by atoms with van der Waals surface area (Å²) in [5.74, 6) is 1.04. The summed E-state index contributed by atoms with van der Waals surface area (Å²) in [6, 6.07) is 9.87. The number of hydrogen-bond acceptors (Lipinski definition) is 3. The summed E-state index contributed by atoms with van der Waals surface area (Å²) in [6.45, 7) is 2.97. The Morgan fingerprint density at radius 2 is 1.84 bits per heavy atom. The fourth-order valence-corrected chi connectivity index (χ4v) is 3.83. The Labute approximate surface area is 162 Å². The number of fused-ring (bicyclic) bond motifs is 1. The van der Waals surface area contributed by atoms with Crippen LogP contribution in [0, 0.1) is 0 Å². The zero-order valence-corrected chi connectivity index (χ0v) is 16.5. The van der Waals surface area contributed by atoms with Crippen LogP contribution in [-0.4, -0.2) is 47.0 Å². The van der Waals surface area contributed by atoms with E-state index in [4.69, 9.17) is 0 Å². The maximum absolute atomic E-state index is 13.0. The zero-order chi connectivity index (χ0) is 17.4. The van der Waals surface area contributed by atoms with Gasteiger partial charge in [-0.15, -0.1) is 0 Å². The van der Waals surface area contributed by atoms with Gasteiger partial charge >= 0.3 is 0 Å². The molecule has 0 saturated carbocycles. The van der Waals surface area contributed by atoms with Gasteiger partial charge in [0, 0.05) is 58.4 Å². The monoisotopic (exact) mass is 462 g/mol. The highest BCUT2D eigenvalue weighted by Gasteiger charge is 2.24. The molecule has 3 heterocycles. The molecule has 1 saturated heterocycles. The average molecular weight is 464 g/mol. The minimum absolute atomic E-state index is 0.0705. The summed E-state index contributed by atoms with van der Waals surface area (Å²) in [7, 11) is 0. The Morgan fingerprint density at radius 3 is 2.56 bits per heavy atom. The molecular formula is C18H16Br2N4O. The Bertz CT molecular complexity index is 917. The number of hydrogen-bond donors (Lipinski definition) is 1. The van der Waals surface area contributed by atoms with Crippen molar-refractivity contribution in [2.24, 2.45) is 0 Å². The number of aromatic nitrogens is 2. The fourth-order valence-electron chi connectivity index (χ4n) is 3.14. The average Bonchev–Trinajstić information content (AvgIpc) is 3.05. The van der Waals surface area contributed by atoms with Crippen LogP contribution in [-0.2, 0) is 0 Å². The van der Waals surface area contributed by atoms with E-state index in [0.717, 1.165) is 44.3 Å². The standard InChI is InChI=1S/C18H16Br2N4O/c19-14-9-12-13(11-22-16(12)10-15(14)20)18(25)24-7-5-23(6-8-24)17-3-1-2-4-21-17/h1-4,9-11,22H,5-8H2. The highest BCUT2D eigenvalue weighted by atomic mass is 79.9. The molecule has 4 rings (SSSR count). The van der Waals surface area contributed by atoms with E-state index < -0.39 is 0 Å². The maximum atomic E-state index is 13.0. The van der Waals surface area contributed by atoms with E-state index >= 15 is 0 Å². The first-order valence-corrected chi connectivity index (χ1v) is 9.63. The molecule has 0 radical (unpaired) electrons. The number of carbonyl (C=O) groups is 1. The van der Waals surface area contributed by atoms with Gasteiger partial charge in [-0.3, -0.25) is 4.79 Å². The molecule has 1 amide bonds. The van der Waals surface area contributed by atoms with Gasteiger partial charge in [-0.25, -0.2) is 4.98 Å². The van der Waals surface area contributed by atoms with Crippen LogP contribution in [0.2, 0.25) is 0 Å². The van der Waals surface area contributed by atoms with Gasteiger partial charge in [-0.05, 0) is 56.1 Å². The molecule has 0 bridgehead atoms. The van der Waals surface area contributed by atoms with Crippen molar-refractivity contribution in [3.8, 4) is 0 Å². The van der Waals surface area contributed by atoms with Crippen LogP contribution < -0.4 is 4.90 Å². The fraction of sp³-hybridized carbons (Fsp3) is 0.222. The van der Waals surface area contributed by atoms with Crippen LogP contribution in [0.25, 0.3) is 10.9 Å². The first kappa shape index (κ1) is 16.6. The van der Waals surface area contributed by atoms with E-state index in [2.05, 4.69) is 46.7 Å². The topological polar surface area (TPSA) is 52.2 Å². The predicted octanol–water partition coefficient (Wildman–Crippen LogP) is 4.05. The van der Waals surface area contributed by atoms with Gasteiger partial charge in [-0.2, -0.15) is 0 Å². The lowest BCUT2D eigenvalue weighted by atomic mass is 10.1. The van der Waals surface area contributed by atoms with Gasteiger partial charge in [0.1, 0.15) is 5.82 Å². The lowest BCUT2D eigenvalue weighted by Gasteiger charge is -2.35. The quantitative estimate of drug-likeness (QED) is 0.623. The zero-order valence-electron chi connectivity index (χ0n) is 13.4. The molecule has 128 valence electrons. The Kier molecular flexibility index (Phi) is 4.52. The molecule has 25 heavy (non-hydrogen) atoms. The smallest absolute Gasteiger partial charge is 0.256 e. The van der Waals surface area contributed by atoms with Crippen LogP contribution in [0.4, 0.5) is 5.82 Å². The molecule has 5 nitrogen and oxygen atoms in total. The van der Waals surface area contributed by atoms with Crippen LogP contribution in [0.3, 0.4) is 0 Å². The summed E-state index contributed by atoms with van der Waals surface area (Å²) in [5, 5.41) is 0.937. The number of halogens is 2. The number of amides is 1. The van der Waals surface area contributed by atoms with Crippen LogP contribution in [0.5, 0.6) is 0 Å². The molecule has 1 fully saturated rings. The van der Waals surface area contributed by atoms with Crippen molar-refractivity contribution in [2.75, 3.05) is 31.1 Å². The third-order valence-electron chi connectivity index (χ3n) is 4.49. The normalized spacial score (nSPS) is 15.0. The number of aromatic amines is 1. The molecule has 0 spiro atoms. The van der Waals surface area contributed by atoms with Crippen molar-refractivity contribution >= 4 is 54.5 Å². The maximum Gasteiger partial charge on any atom is 0.256 e. The molecule has 0 atom stereocenters. The van der Waals surface area contributed by atoms with E-state index in [1.54, 1.807) is 12.4 Å². The Hall–Kier alpha value is -1.86. The second-order valence-corrected chi connectivity index (χ2v) is 7.69. The molecule has 1 N–H and O–H groups in total. The number of nitrogens with one attached hydrogen (secondary N) is 1. The highest BCUT2D eigenvalue weighted by Crippen LogP contribution is 2.30. The predicted molar refractivity (Wildman–Crippen MR) is 106 cm³/mol. The number of pyridine rings is 1. The van der Waals surface area contributed by atoms with Crippen LogP contribution >= 0.6 is 31.9 Å². The molecule has 0 aliphatic carbocycles. The minimum Gasteiger partial charge on any atom is -0.360 e. The molecule has 1 aliphatic heterocycles. The third-order valence-corrected chi connectivity index (χ3v) is 6.34. The van der Waals surface area contributed by atoms with Gasteiger partial charge < -0.3 is 14.8 Å². The molecule has 1 aromatic carbocycles. The van der Waals surface area contributed by atoms with Crippen LogP contribution in [0.15, 0.2) is 51.7 Å². The van der Waals surface area contributed by atoms with Gasteiger partial charge in [0.2, 0.25) is 0 Å². The van der Waals surface area contributed by atoms with E-state index in [0.29, 0.717) is 13.1 Å². The van der Waals surface area contributed by atoms with E-state index in [9.17, 15) is 4.79 Å². The lowest BCUT2D eigenvalue weighted by molar-refractivity contribution is 0.0748. The summed E-state index contributed by atoms with van der Waals surface area (Å²) in [4.78, 5) is 24.7. The number of H-pyrrole nitrogens is 1. The number of anilines is 1. The van der Waals surface area contributed by atoms with Crippen molar-refractivity contribution in [2.45, 2.75) is 0 Å². The van der Waals surface area contributed by atoms with Crippen molar-refractivity contribution in [1.82, 2.24) is 14.9 Å². The van der Waals surface area contributed by atoms with Crippen LogP contribution in [0.1, 0.15) is 10.4 Å². The number of nitrogens with zero attached hydrogens (tertiary/aromatic N) is 3. The Balaban J connectivity index is 1.52. The third kappa shape index (κ3) is 3.18. The summed E-state index contributed by atoms with van der Waals surface area (Å²) >= 11 is 7.01. The molecule has 3 aromatic rings. The lowest BCUT2D eigenvalue weighted by Crippen LogP contribution is -2.49. The molecule has 2 aromatic heterocycles. The first-order chi connectivity index (χ1) is 12.1. The van der Waals surface area contributed by atoms with Gasteiger partial charge in [0.25, 0.3) is 5.91 Å². The summed E-state index contributed by atoms with van der Waals surface area (Å²) < 4.78 is 1.90. The number of carbonyl (C=O) groups excluding carboxylic acids is 1. The van der Waals surface area contributed by atoms with E-state index in [-0.39, 0.29) is 5.91 Å². The molecule has 7 heteroatoms. The number of piperazine rings is 1. The summed E-state index contributed by atoms with van der Waals surface area (Å²) in [5.41, 5.74) is 1.67. The highest BCUT2D eigenvalue weighted by molar-refractivity contribution is 9.13. The molecule has 0 unspecified atom stereocenters. The Morgan fingerprint density at radius 1 is 1.08 bits per heavy atom. The second kappa shape index (κ2) is 6.80. The van der Waals surface area contributed by atoms with Crippen molar-refractivity contribution in [3.05, 3.63) is 57.2 Å². The SMILES string of the molecule is O=C(c1c[nH]c2cc(Br)c(Br)cc12)N1CCN(c2ccccn2)CC1. The summed E-state index contributed by atoms with van der Waals surface area (Å²) in [6.07, 6.45) is 3.60. The minimum atomic E-state index is 0.0705. The molecule has 1 aliphatic rings.